The van der Waals surface area contributed by atoms with Crippen LogP contribution in [-0.2, 0) is 22.4 Å². The third kappa shape index (κ3) is 3.40. The standard InChI is InChI=1S/C10H8Cl2O4/c11-7-2-5(3-8(13)14)1-6(10(7)12)4-9(15)16/h1-2H,3-4H2,(H,13,14)(H,15,16). The Morgan fingerprint density at radius 2 is 1.62 bits per heavy atom. The van der Waals surface area contributed by atoms with Gasteiger partial charge >= 0.3 is 11.9 Å². The van der Waals surface area contributed by atoms with Crippen LogP contribution in [0.5, 0.6) is 0 Å². The van der Waals surface area contributed by atoms with Gasteiger partial charge in [0.15, 0.2) is 0 Å². The van der Waals surface area contributed by atoms with Gasteiger partial charge in [-0.2, -0.15) is 0 Å². The lowest BCUT2D eigenvalue weighted by Crippen LogP contribution is -2.04. The summed E-state index contributed by atoms with van der Waals surface area (Å²) in [6, 6.07) is 2.86. The molecule has 4 nitrogen and oxygen atoms in total. The summed E-state index contributed by atoms with van der Waals surface area (Å²) in [5.41, 5.74) is 0.746. The number of hydrogen-bond donors (Lipinski definition) is 2. The number of hydrogen-bond acceptors (Lipinski definition) is 2. The van der Waals surface area contributed by atoms with Gasteiger partial charge in [0.1, 0.15) is 0 Å². The fourth-order valence-electron chi connectivity index (χ4n) is 1.28. The van der Waals surface area contributed by atoms with Crippen molar-refractivity contribution in [2.75, 3.05) is 0 Å². The van der Waals surface area contributed by atoms with Crippen LogP contribution in [0.3, 0.4) is 0 Å². The number of halogens is 2. The van der Waals surface area contributed by atoms with Crippen molar-refractivity contribution >= 4 is 35.1 Å². The van der Waals surface area contributed by atoms with Crippen LogP contribution in [0.15, 0.2) is 12.1 Å². The van der Waals surface area contributed by atoms with Gasteiger partial charge in [-0.1, -0.05) is 29.3 Å². The van der Waals surface area contributed by atoms with Crippen molar-refractivity contribution < 1.29 is 19.8 Å². The highest BCUT2D eigenvalue weighted by Crippen LogP contribution is 2.28. The molecular formula is C10H8Cl2O4. The topological polar surface area (TPSA) is 74.6 Å². The lowest BCUT2D eigenvalue weighted by molar-refractivity contribution is -0.137. The molecule has 1 aromatic rings. The molecule has 0 bridgehead atoms. The summed E-state index contributed by atoms with van der Waals surface area (Å²) in [7, 11) is 0. The molecule has 0 atom stereocenters. The molecule has 0 heterocycles. The normalized spacial score (nSPS) is 10.1. The van der Waals surface area contributed by atoms with E-state index in [1.54, 1.807) is 0 Å². The number of benzene rings is 1. The highest BCUT2D eigenvalue weighted by Gasteiger charge is 2.12. The Kier molecular flexibility index (Phi) is 4.15. The number of rotatable bonds is 4. The van der Waals surface area contributed by atoms with Crippen LogP contribution < -0.4 is 0 Å². The van der Waals surface area contributed by atoms with E-state index < -0.39 is 11.9 Å². The van der Waals surface area contributed by atoms with E-state index in [0.717, 1.165) is 0 Å². The molecule has 86 valence electrons. The first-order valence-electron chi connectivity index (χ1n) is 4.30. The van der Waals surface area contributed by atoms with Gasteiger partial charge < -0.3 is 10.2 Å². The summed E-state index contributed by atoms with van der Waals surface area (Å²) in [4.78, 5) is 21.1. The van der Waals surface area contributed by atoms with Gasteiger partial charge in [0.25, 0.3) is 0 Å². The molecule has 0 saturated carbocycles. The van der Waals surface area contributed by atoms with E-state index in [0.29, 0.717) is 11.1 Å². The largest absolute Gasteiger partial charge is 0.481 e. The van der Waals surface area contributed by atoms with E-state index in [1.807, 2.05) is 0 Å². The molecule has 16 heavy (non-hydrogen) atoms. The highest BCUT2D eigenvalue weighted by molar-refractivity contribution is 6.42. The Balaban J connectivity index is 3.11. The van der Waals surface area contributed by atoms with Gasteiger partial charge in [-0.05, 0) is 17.2 Å². The number of carboxylic acids is 2. The van der Waals surface area contributed by atoms with Crippen LogP contribution in [0.2, 0.25) is 10.0 Å². The second kappa shape index (κ2) is 5.18. The van der Waals surface area contributed by atoms with Crippen LogP contribution in [0, 0.1) is 0 Å². The zero-order valence-electron chi connectivity index (χ0n) is 8.04. The van der Waals surface area contributed by atoms with E-state index in [-0.39, 0.29) is 22.9 Å². The van der Waals surface area contributed by atoms with Gasteiger partial charge in [0.05, 0.1) is 22.9 Å². The van der Waals surface area contributed by atoms with Crippen molar-refractivity contribution in [2.24, 2.45) is 0 Å². The Hall–Kier alpha value is -1.26. The molecule has 0 aromatic heterocycles. The third-order valence-electron chi connectivity index (χ3n) is 1.86. The van der Waals surface area contributed by atoms with Crippen molar-refractivity contribution in [1.82, 2.24) is 0 Å². The van der Waals surface area contributed by atoms with Crippen LogP contribution in [0.1, 0.15) is 11.1 Å². The molecule has 0 radical (unpaired) electrons. The van der Waals surface area contributed by atoms with Gasteiger partial charge in [-0.25, -0.2) is 0 Å². The zero-order chi connectivity index (χ0) is 12.3. The van der Waals surface area contributed by atoms with Crippen LogP contribution >= 0.6 is 23.2 Å². The molecule has 0 spiro atoms. The molecule has 0 aliphatic rings. The third-order valence-corrected chi connectivity index (χ3v) is 2.70. The van der Waals surface area contributed by atoms with Crippen LogP contribution in [0.4, 0.5) is 0 Å². The molecule has 2 N–H and O–H groups in total. The maximum Gasteiger partial charge on any atom is 0.307 e. The molecule has 1 rings (SSSR count). The molecule has 0 unspecified atom stereocenters. The van der Waals surface area contributed by atoms with Gasteiger partial charge in [-0.15, -0.1) is 0 Å². The predicted octanol–water partition coefficient (Wildman–Crippen LogP) is 2.25. The van der Waals surface area contributed by atoms with Crippen molar-refractivity contribution in [3.63, 3.8) is 0 Å². The van der Waals surface area contributed by atoms with Crippen molar-refractivity contribution in [3.05, 3.63) is 33.3 Å². The molecular weight excluding hydrogens is 255 g/mol. The first kappa shape index (κ1) is 12.8. The average Bonchev–Trinajstić information content (AvgIpc) is 2.11. The molecule has 0 aliphatic carbocycles. The Morgan fingerprint density at radius 1 is 1.06 bits per heavy atom. The summed E-state index contributed by atoms with van der Waals surface area (Å²) >= 11 is 11.6. The SMILES string of the molecule is O=C(O)Cc1cc(Cl)c(Cl)c(CC(=O)O)c1. The fourth-order valence-corrected chi connectivity index (χ4v) is 1.71. The van der Waals surface area contributed by atoms with E-state index >= 15 is 0 Å². The molecule has 6 heteroatoms. The molecule has 1 aromatic carbocycles. The highest BCUT2D eigenvalue weighted by atomic mass is 35.5. The van der Waals surface area contributed by atoms with Gasteiger partial charge in [-0.3, -0.25) is 9.59 Å². The van der Waals surface area contributed by atoms with Crippen molar-refractivity contribution in [3.8, 4) is 0 Å². The first-order valence-corrected chi connectivity index (χ1v) is 5.06. The summed E-state index contributed by atoms with van der Waals surface area (Å²) < 4.78 is 0. The monoisotopic (exact) mass is 262 g/mol. The maximum absolute atomic E-state index is 10.5. The summed E-state index contributed by atoms with van der Waals surface area (Å²) in [6.07, 6.45) is -0.504. The summed E-state index contributed by atoms with van der Waals surface area (Å²) in [5, 5.41) is 17.6. The van der Waals surface area contributed by atoms with Crippen LogP contribution in [0.25, 0.3) is 0 Å². The second-order valence-electron chi connectivity index (χ2n) is 3.19. The molecule has 0 saturated heterocycles. The molecule has 0 aliphatic heterocycles. The maximum atomic E-state index is 10.5. The second-order valence-corrected chi connectivity index (χ2v) is 3.98. The minimum atomic E-state index is -1.05. The predicted molar refractivity (Wildman–Crippen MR) is 59.1 cm³/mol. The Bertz CT molecular complexity index is 443. The number of carbonyl (C=O) groups is 2. The molecule has 0 amide bonds. The average molecular weight is 263 g/mol. The number of aliphatic carboxylic acids is 2. The van der Waals surface area contributed by atoms with E-state index in [2.05, 4.69) is 0 Å². The Labute approximate surface area is 101 Å². The van der Waals surface area contributed by atoms with E-state index in [1.165, 1.54) is 12.1 Å². The lowest BCUT2D eigenvalue weighted by atomic mass is 10.1. The van der Waals surface area contributed by atoms with Gasteiger partial charge in [0.2, 0.25) is 0 Å². The van der Waals surface area contributed by atoms with E-state index in [9.17, 15) is 9.59 Å². The first-order chi connectivity index (χ1) is 7.40. The summed E-state index contributed by atoms with van der Waals surface area (Å²) in [6.45, 7) is 0. The zero-order valence-corrected chi connectivity index (χ0v) is 9.55. The fraction of sp³-hybridized carbons (Fsp3) is 0.200. The van der Waals surface area contributed by atoms with Gasteiger partial charge in [0, 0.05) is 0 Å². The quantitative estimate of drug-likeness (QED) is 0.873. The van der Waals surface area contributed by atoms with Crippen molar-refractivity contribution in [2.45, 2.75) is 12.8 Å². The summed E-state index contributed by atoms with van der Waals surface area (Å²) in [5.74, 6) is -2.06. The lowest BCUT2D eigenvalue weighted by Gasteiger charge is -2.06. The minimum absolute atomic E-state index is 0.151. The Morgan fingerprint density at radius 3 is 2.12 bits per heavy atom. The van der Waals surface area contributed by atoms with E-state index in [4.69, 9.17) is 33.4 Å². The number of carboxylic acid groups (broad SMARTS) is 2. The van der Waals surface area contributed by atoms with Crippen LogP contribution in [-0.4, -0.2) is 22.2 Å². The minimum Gasteiger partial charge on any atom is -0.481 e. The van der Waals surface area contributed by atoms with Crippen molar-refractivity contribution in [1.29, 1.82) is 0 Å². The smallest absolute Gasteiger partial charge is 0.307 e. The molecule has 0 fully saturated rings.